The third kappa shape index (κ3) is 5.41. The Kier molecular flexibility index (Phi) is 8.67. The summed E-state index contributed by atoms with van der Waals surface area (Å²) >= 11 is 0. The fraction of sp³-hybridized carbons (Fsp3) is 1.00. The maximum absolute atomic E-state index is 6.08. The van der Waals surface area contributed by atoms with Gasteiger partial charge in [-0.05, 0) is 31.7 Å². The molecule has 1 saturated carbocycles. The molecule has 19 heavy (non-hydrogen) atoms. The van der Waals surface area contributed by atoms with Gasteiger partial charge in [0, 0.05) is 19.8 Å². The van der Waals surface area contributed by atoms with Crippen molar-refractivity contribution in [2.24, 2.45) is 5.92 Å². The molecule has 0 amide bonds. The second kappa shape index (κ2) is 9.73. The Hall–Kier alpha value is -0.120. The topological polar surface area (TPSA) is 30.5 Å². The van der Waals surface area contributed by atoms with Gasteiger partial charge < -0.3 is 14.8 Å². The van der Waals surface area contributed by atoms with E-state index in [9.17, 15) is 0 Å². The highest BCUT2D eigenvalue weighted by Crippen LogP contribution is 2.28. The highest BCUT2D eigenvalue weighted by molar-refractivity contribution is 4.97. The average Bonchev–Trinajstić information content (AvgIpc) is 2.41. The third-order valence-corrected chi connectivity index (χ3v) is 4.27. The van der Waals surface area contributed by atoms with E-state index in [1.54, 1.807) is 7.11 Å². The highest BCUT2D eigenvalue weighted by Gasteiger charge is 2.41. The van der Waals surface area contributed by atoms with E-state index in [0.29, 0.717) is 12.1 Å². The first kappa shape index (κ1) is 16.9. The quantitative estimate of drug-likeness (QED) is 0.625. The number of rotatable bonds is 11. The Bertz CT molecular complexity index is 223. The first-order chi connectivity index (χ1) is 9.26. The molecule has 0 saturated heterocycles. The summed E-state index contributed by atoms with van der Waals surface area (Å²) in [5.74, 6) is 0.722. The van der Waals surface area contributed by atoms with Crippen LogP contribution >= 0.6 is 0 Å². The van der Waals surface area contributed by atoms with Gasteiger partial charge in [-0.1, -0.05) is 40.0 Å². The van der Waals surface area contributed by atoms with Crippen LogP contribution in [0.25, 0.3) is 0 Å². The van der Waals surface area contributed by atoms with Gasteiger partial charge in [-0.2, -0.15) is 0 Å². The van der Waals surface area contributed by atoms with Crippen molar-refractivity contribution in [1.29, 1.82) is 0 Å². The Morgan fingerprint density at radius 1 is 1.21 bits per heavy atom. The Morgan fingerprint density at radius 2 is 2.00 bits per heavy atom. The summed E-state index contributed by atoms with van der Waals surface area (Å²) in [4.78, 5) is 0. The minimum Gasteiger partial charge on any atom is -0.377 e. The predicted octanol–water partition coefficient (Wildman–Crippen LogP) is 3.37. The number of methoxy groups -OCH3 is 1. The summed E-state index contributed by atoms with van der Waals surface area (Å²) < 4.78 is 11.6. The van der Waals surface area contributed by atoms with Crippen molar-refractivity contribution in [1.82, 2.24) is 5.32 Å². The molecule has 1 aliphatic carbocycles. The molecule has 0 radical (unpaired) electrons. The molecular formula is C16H33NO2. The summed E-state index contributed by atoms with van der Waals surface area (Å²) in [6.07, 6.45) is 7.95. The van der Waals surface area contributed by atoms with Crippen molar-refractivity contribution in [3.8, 4) is 0 Å². The van der Waals surface area contributed by atoms with Gasteiger partial charge in [0.25, 0.3) is 0 Å². The number of unbranched alkanes of at least 4 members (excludes halogenated alkanes) is 1. The molecule has 1 rings (SSSR count). The van der Waals surface area contributed by atoms with Crippen LogP contribution in [-0.4, -0.2) is 38.5 Å². The molecule has 4 atom stereocenters. The monoisotopic (exact) mass is 271 g/mol. The summed E-state index contributed by atoms with van der Waals surface area (Å²) in [5.41, 5.74) is 0. The van der Waals surface area contributed by atoms with Crippen LogP contribution in [0.3, 0.4) is 0 Å². The summed E-state index contributed by atoms with van der Waals surface area (Å²) in [6, 6.07) is 0.491. The van der Waals surface area contributed by atoms with Gasteiger partial charge in [-0.25, -0.2) is 0 Å². The molecule has 3 nitrogen and oxygen atoms in total. The van der Waals surface area contributed by atoms with E-state index in [0.717, 1.165) is 25.5 Å². The van der Waals surface area contributed by atoms with E-state index >= 15 is 0 Å². The molecule has 1 aliphatic rings. The second-order valence-electron chi connectivity index (χ2n) is 5.78. The first-order valence-electron chi connectivity index (χ1n) is 8.14. The third-order valence-electron chi connectivity index (χ3n) is 4.27. The van der Waals surface area contributed by atoms with Crippen LogP contribution in [0, 0.1) is 5.92 Å². The van der Waals surface area contributed by atoms with Gasteiger partial charge in [-0.15, -0.1) is 0 Å². The zero-order chi connectivity index (χ0) is 14.1. The Morgan fingerprint density at radius 3 is 2.58 bits per heavy atom. The van der Waals surface area contributed by atoms with E-state index in [1.165, 1.54) is 32.1 Å². The predicted molar refractivity (Wildman–Crippen MR) is 80.5 cm³/mol. The van der Waals surface area contributed by atoms with Crippen LogP contribution in [0.15, 0.2) is 0 Å². The molecule has 0 heterocycles. The van der Waals surface area contributed by atoms with Crippen molar-refractivity contribution in [3.05, 3.63) is 0 Å². The van der Waals surface area contributed by atoms with Crippen LogP contribution in [0.2, 0.25) is 0 Å². The lowest BCUT2D eigenvalue weighted by atomic mass is 9.85. The van der Waals surface area contributed by atoms with Crippen LogP contribution < -0.4 is 5.32 Å². The van der Waals surface area contributed by atoms with Gasteiger partial charge >= 0.3 is 0 Å². The fourth-order valence-electron chi connectivity index (χ4n) is 2.75. The molecule has 1 N–H and O–H groups in total. The van der Waals surface area contributed by atoms with E-state index in [4.69, 9.17) is 9.47 Å². The molecule has 4 unspecified atom stereocenters. The van der Waals surface area contributed by atoms with E-state index in [-0.39, 0.29) is 6.10 Å². The molecule has 1 fully saturated rings. The van der Waals surface area contributed by atoms with Crippen LogP contribution in [-0.2, 0) is 9.47 Å². The molecule has 0 aromatic rings. The zero-order valence-corrected chi connectivity index (χ0v) is 13.3. The van der Waals surface area contributed by atoms with Gasteiger partial charge in [0.15, 0.2) is 0 Å². The maximum Gasteiger partial charge on any atom is 0.0986 e. The molecule has 0 spiro atoms. The van der Waals surface area contributed by atoms with E-state index in [1.807, 2.05) is 0 Å². The van der Waals surface area contributed by atoms with E-state index < -0.39 is 0 Å². The fourth-order valence-corrected chi connectivity index (χ4v) is 2.75. The molecule has 3 heteroatoms. The summed E-state index contributed by atoms with van der Waals surface area (Å²) in [6.45, 7) is 8.70. The first-order valence-corrected chi connectivity index (χ1v) is 8.14. The standard InChI is InChI=1S/C16H33NO2/c1-5-8-9-13(7-3)12-19-15-11-14(16(15)18-4)17-10-6-2/h13-17H,5-12H2,1-4H3. The van der Waals surface area contributed by atoms with Crippen LogP contribution in [0.1, 0.15) is 59.3 Å². The number of hydrogen-bond acceptors (Lipinski definition) is 3. The zero-order valence-electron chi connectivity index (χ0n) is 13.3. The Balaban J connectivity index is 2.22. The van der Waals surface area contributed by atoms with Crippen LogP contribution in [0.4, 0.5) is 0 Å². The number of nitrogens with one attached hydrogen (secondary N) is 1. The lowest BCUT2D eigenvalue weighted by Gasteiger charge is -2.44. The Labute approximate surface area is 119 Å². The molecule has 114 valence electrons. The molecule has 0 aromatic carbocycles. The summed E-state index contributed by atoms with van der Waals surface area (Å²) in [7, 11) is 1.80. The highest BCUT2D eigenvalue weighted by atomic mass is 16.5. The molecule has 0 aliphatic heterocycles. The SMILES string of the molecule is CCCCC(CC)COC1CC(NCCC)C1OC. The van der Waals surface area contributed by atoms with Gasteiger partial charge in [0.1, 0.15) is 0 Å². The van der Waals surface area contributed by atoms with Crippen LogP contribution in [0.5, 0.6) is 0 Å². The lowest BCUT2D eigenvalue weighted by Crippen LogP contribution is -2.60. The second-order valence-corrected chi connectivity index (χ2v) is 5.78. The minimum atomic E-state index is 0.246. The van der Waals surface area contributed by atoms with Gasteiger partial charge in [0.05, 0.1) is 12.2 Å². The molecular weight excluding hydrogens is 238 g/mol. The van der Waals surface area contributed by atoms with Gasteiger partial charge in [-0.3, -0.25) is 0 Å². The summed E-state index contributed by atoms with van der Waals surface area (Å²) in [5, 5.41) is 3.53. The average molecular weight is 271 g/mol. The lowest BCUT2D eigenvalue weighted by molar-refractivity contribution is -0.140. The largest absolute Gasteiger partial charge is 0.377 e. The van der Waals surface area contributed by atoms with Crippen molar-refractivity contribution in [2.75, 3.05) is 20.3 Å². The van der Waals surface area contributed by atoms with Crippen molar-refractivity contribution in [2.45, 2.75) is 77.5 Å². The van der Waals surface area contributed by atoms with Crippen molar-refractivity contribution < 1.29 is 9.47 Å². The molecule has 0 bridgehead atoms. The minimum absolute atomic E-state index is 0.246. The van der Waals surface area contributed by atoms with E-state index in [2.05, 4.69) is 26.1 Å². The maximum atomic E-state index is 6.08. The van der Waals surface area contributed by atoms with Crippen molar-refractivity contribution in [3.63, 3.8) is 0 Å². The normalized spacial score (nSPS) is 28.1. The number of ether oxygens (including phenoxy) is 2. The van der Waals surface area contributed by atoms with Crippen molar-refractivity contribution >= 4 is 0 Å². The molecule has 0 aromatic heterocycles. The van der Waals surface area contributed by atoms with Gasteiger partial charge in [0.2, 0.25) is 0 Å². The smallest absolute Gasteiger partial charge is 0.0986 e. The number of hydrogen-bond donors (Lipinski definition) is 1.